The number of nitrogens with zero attached hydrogens (tertiary/aromatic N) is 2. The molecule has 0 aliphatic carbocycles. The van der Waals surface area contributed by atoms with Gasteiger partial charge in [0.05, 0.1) is 15.9 Å². The Morgan fingerprint density at radius 2 is 2.10 bits per heavy atom. The molecule has 0 saturated heterocycles. The molecule has 0 aliphatic rings. The lowest BCUT2D eigenvalue weighted by Crippen LogP contribution is -2.20. The minimum atomic E-state index is -0.175. The number of halogens is 2. The average molecular weight is 340 g/mol. The van der Waals surface area contributed by atoms with E-state index in [0.717, 1.165) is 22.3 Å². The van der Waals surface area contributed by atoms with Crippen molar-refractivity contribution in [2.24, 2.45) is 7.05 Å². The Kier molecular flexibility index (Phi) is 4.94. The van der Waals surface area contributed by atoms with E-state index in [9.17, 15) is 4.39 Å². The molecular weight excluding hydrogens is 321 g/mol. The molecule has 1 aromatic heterocycles. The maximum atomic E-state index is 13.7. The standard InChI is InChI=1S/C15H19BrFN3/c1-4-13-15(16)14(20(3)19-13)9-18-10(2)11-7-5-6-8-12(11)17/h5-8,10,18H,4,9H2,1-3H3/t10-/m1/s1. The van der Waals surface area contributed by atoms with Crippen LogP contribution in [0.1, 0.15) is 36.8 Å². The van der Waals surface area contributed by atoms with Gasteiger partial charge in [0, 0.05) is 25.2 Å². The van der Waals surface area contributed by atoms with Crippen LogP contribution in [0.3, 0.4) is 0 Å². The Hall–Kier alpha value is -1.20. The molecule has 108 valence electrons. The van der Waals surface area contributed by atoms with Crippen LogP contribution in [0.5, 0.6) is 0 Å². The molecule has 0 fully saturated rings. The molecule has 0 aliphatic heterocycles. The summed E-state index contributed by atoms with van der Waals surface area (Å²) in [6.45, 7) is 4.68. The molecule has 0 amide bonds. The van der Waals surface area contributed by atoms with E-state index >= 15 is 0 Å². The molecule has 1 aromatic carbocycles. The van der Waals surface area contributed by atoms with Crippen molar-refractivity contribution in [2.75, 3.05) is 0 Å². The van der Waals surface area contributed by atoms with Crippen LogP contribution in [0.25, 0.3) is 0 Å². The third-order valence-corrected chi connectivity index (χ3v) is 4.37. The highest BCUT2D eigenvalue weighted by Crippen LogP contribution is 2.23. The van der Waals surface area contributed by atoms with Crippen molar-refractivity contribution in [3.63, 3.8) is 0 Å². The van der Waals surface area contributed by atoms with Crippen LogP contribution < -0.4 is 5.32 Å². The average Bonchev–Trinajstić information content (AvgIpc) is 2.71. The lowest BCUT2D eigenvalue weighted by atomic mass is 10.1. The molecule has 0 radical (unpaired) electrons. The molecule has 5 heteroatoms. The van der Waals surface area contributed by atoms with Gasteiger partial charge in [-0.2, -0.15) is 5.10 Å². The molecule has 2 aromatic rings. The van der Waals surface area contributed by atoms with Gasteiger partial charge in [-0.05, 0) is 35.3 Å². The van der Waals surface area contributed by atoms with E-state index in [2.05, 4.69) is 33.3 Å². The van der Waals surface area contributed by atoms with Crippen LogP contribution in [0.4, 0.5) is 4.39 Å². The molecule has 0 spiro atoms. The lowest BCUT2D eigenvalue weighted by molar-refractivity contribution is 0.514. The number of rotatable bonds is 5. The number of hydrogen-bond donors (Lipinski definition) is 1. The smallest absolute Gasteiger partial charge is 0.127 e. The van der Waals surface area contributed by atoms with Crippen molar-refractivity contribution in [3.8, 4) is 0 Å². The minimum absolute atomic E-state index is 0.0527. The first kappa shape index (κ1) is 15.2. The summed E-state index contributed by atoms with van der Waals surface area (Å²) in [5, 5.41) is 7.80. The van der Waals surface area contributed by atoms with Gasteiger partial charge in [0.25, 0.3) is 0 Å². The fraction of sp³-hybridized carbons (Fsp3) is 0.400. The molecule has 3 nitrogen and oxygen atoms in total. The van der Waals surface area contributed by atoms with Crippen LogP contribution in [-0.2, 0) is 20.0 Å². The Labute approximate surface area is 127 Å². The zero-order chi connectivity index (χ0) is 14.7. The number of nitrogens with one attached hydrogen (secondary N) is 1. The van der Waals surface area contributed by atoms with Gasteiger partial charge >= 0.3 is 0 Å². The summed E-state index contributed by atoms with van der Waals surface area (Å²) >= 11 is 3.59. The summed E-state index contributed by atoms with van der Waals surface area (Å²) in [4.78, 5) is 0. The van der Waals surface area contributed by atoms with E-state index in [0.29, 0.717) is 12.1 Å². The third kappa shape index (κ3) is 3.10. The van der Waals surface area contributed by atoms with Gasteiger partial charge in [0.2, 0.25) is 0 Å². The summed E-state index contributed by atoms with van der Waals surface area (Å²) in [5.41, 5.74) is 2.80. The second-order valence-electron chi connectivity index (χ2n) is 4.81. The lowest BCUT2D eigenvalue weighted by Gasteiger charge is -2.15. The highest BCUT2D eigenvalue weighted by Gasteiger charge is 2.15. The first-order valence-electron chi connectivity index (χ1n) is 6.72. The molecule has 1 N–H and O–H groups in total. The van der Waals surface area contributed by atoms with Gasteiger partial charge < -0.3 is 5.32 Å². The van der Waals surface area contributed by atoms with Crippen molar-refractivity contribution in [1.29, 1.82) is 0 Å². The number of hydrogen-bond acceptors (Lipinski definition) is 2. The number of aromatic nitrogens is 2. The van der Waals surface area contributed by atoms with Gasteiger partial charge in [0.15, 0.2) is 0 Å². The summed E-state index contributed by atoms with van der Waals surface area (Å²) in [5.74, 6) is -0.175. The number of benzene rings is 1. The number of aryl methyl sites for hydroxylation is 2. The maximum Gasteiger partial charge on any atom is 0.127 e. The first-order chi connectivity index (χ1) is 9.54. The monoisotopic (exact) mass is 339 g/mol. The molecular formula is C15H19BrFN3. The first-order valence-corrected chi connectivity index (χ1v) is 7.52. The largest absolute Gasteiger partial charge is 0.304 e. The van der Waals surface area contributed by atoms with E-state index in [1.807, 2.05) is 30.8 Å². The molecule has 1 heterocycles. The van der Waals surface area contributed by atoms with Gasteiger partial charge in [-0.1, -0.05) is 25.1 Å². The Morgan fingerprint density at radius 3 is 2.70 bits per heavy atom. The second kappa shape index (κ2) is 6.50. The highest BCUT2D eigenvalue weighted by atomic mass is 79.9. The van der Waals surface area contributed by atoms with E-state index < -0.39 is 0 Å². The van der Waals surface area contributed by atoms with Gasteiger partial charge in [-0.15, -0.1) is 0 Å². The Morgan fingerprint density at radius 1 is 1.40 bits per heavy atom. The summed E-state index contributed by atoms with van der Waals surface area (Å²) in [6, 6.07) is 6.80. The highest BCUT2D eigenvalue weighted by molar-refractivity contribution is 9.10. The molecule has 20 heavy (non-hydrogen) atoms. The SMILES string of the molecule is CCc1nn(C)c(CN[C@H](C)c2ccccc2F)c1Br. The van der Waals surface area contributed by atoms with E-state index in [4.69, 9.17) is 0 Å². The van der Waals surface area contributed by atoms with Crippen molar-refractivity contribution >= 4 is 15.9 Å². The molecule has 0 bridgehead atoms. The zero-order valence-electron chi connectivity index (χ0n) is 12.0. The summed E-state index contributed by atoms with van der Waals surface area (Å²) in [6.07, 6.45) is 0.886. The summed E-state index contributed by atoms with van der Waals surface area (Å²) in [7, 11) is 1.93. The predicted molar refractivity (Wildman–Crippen MR) is 81.9 cm³/mol. The fourth-order valence-electron chi connectivity index (χ4n) is 2.20. The van der Waals surface area contributed by atoms with Crippen LogP contribution in [0.2, 0.25) is 0 Å². The second-order valence-corrected chi connectivity index (χ2v) is 5.60. The summed E-state index contributed by atoms with van der Waals surface area (Å²) < 4.78 is 16.6. The van der Waals surface area contributed by atoms with Crippen LogP contribution in [0.15, 0.2) is 28.7 Å². The van der Waals surface area contributed by atoms with E-state index in [-0.39, 0.29) is 11.9 Å². The molecule has 2 rings (SSSR count). The van der Waals surface area contributed by atoms with Crippen molar-refractivity contribution in [1.82, 2.24) is 15.1 Å². The molecule has 0 unspecified atom stereocenters. The van der Waals surface area contributed by atoms with E-state index in [1.165, 1.54) is 6.07 Å². The van der Waals surface area contributed by atoms with E-state index in [1.54, 1.807) is 6.07 Å². The normalized spacial score (nSPS) is 12.7. The fourth-order valence-corrected chi connectivity index (χ4v) is 2.95. The quantitative estimate of drug-likeness (QED) is 0.899. The van der Waals surface area contributed by atoms with Crippen LogP contribution in [0, 0.1) is 5.82 Å². The zero-order valence-corrected chi connectivity index (χ0v) is 13.5. The topological polar surface area (TPSA) is 29.9 Å². The van der Waals surface area contributed by atoms with Crippen LogP contribution in [-0.4, -0.2) is 9.78 Å². The van der Waals surface area contributed by atoms with Gasteiger partial charge in [-0.3, -0.25) is 4.68 Å². The van der Waals surface area contributed by atoms with Crippen molar-refractivity contribution in [2.45, 2.75) is 32.9 Å². The predicted octanol–water partition coefficient (Wildman–Crippen LogP) is 3.73. The minimum Gasteiger partial charge on any atom is -0.304 e. The van der Waals surface area contributed by atoms with Gasteiger partial charge in [-0.25, -0.2) is 4.39 Å². The molecule has 1 atom stereocenters. The Balaban J connectivity index is 2.09. The van der Waals surface area contributed by atoms with Crippen molar-refractivity contribution < 1.29 is 4.39 Å². The Bertz CT molecular complexity index is 595. The maximum absolute atomic E-state index is 13.7. The van der Waals surface area contributed by atoms with Crippen LogP contribution >= 0.6 is 15.9 Å². The van der Waals surface area contributed by atoms with Crippen molar-refractivity contribution in [3.05, 3.63) is 51.5 Å². The molecule has 0 saturated carbocycles. The third-order valence-electron chi connectivity index (χ3n) is 3.45. The van der Waals surface area contributed by atoms with Gasteiger partial charge in [0.1, 0.15) is 5.82 Å².